The zero-order valence-corrected chi connectivity index (χ0v) is 12.9. The van der Waals surface area contributed by atoms with Crippen LogP contribution in [0.25, 0.3) is 0 Å². The van der Waals surface area contributed by atoms with Crippen molar-refractivity contribution in [3.8, 4) is 0 Å². The Kier molecular flexibility index (Phi) is 4.74. The summed E-state index contributed by atoms with van der Waals surface area (Å²) >= 11 is 0.912. The van der Waals surface area contributed by atoms with Gasteiger partial charge in [0.25, 0.3) is 10.0 Å². The van der Waals surface area contributed by atoms with Crippen LogP contribution in [0, 0.1) is 5.92 Å². The van der Waals surface area contributed by atoms with E-state index in [0.29, 0.717) is 6.42 Å². The SMILES string of the molecule is COC(=O)c1ncsc1S(=O)(=O)NC1CCNCC1C. The summed E-state index contributed by atoms with van der Waals surface area (Å²) in [7, 11) is -2.56. The summed E-state index contributed by atoms with van der Waals surface area (Å²) in [5, 5.41) is 3.21. The number of esters is 1. The van der Waals surface area contributed by atoms with Gasteiger partial charge in [-0.05, 0) is 25.4 Å². The first kappa shape index (κ1) is 15.4. The molecule has 0 saturated carbocycles. The molecule has 20 heavy (non-hydrogen) atoms. The van der Waals surface area contributed by atoms with Crippen LogP contribution in [-0.2, 0) is 14.8 Å². The lowest BCUT2D eigenvalue weighted by molar-refractivity contribution is 0.0590. The van der Waals surface area contributed by atoms with Gasteiger partial charge in [-0.1, -0.05) is 6.92 Å². The van der Waals surface area contributed by atoms with Crippen LogP contribution < -0.4 is 10.0 Å². The molecule has 1 aromatic rings. The fourth-order valence-electron chi connectivity index (χ4n) is 2.10. The lowest BCUT2D eigenvalue weighted by Crippen LogP contribution is -2.48. The molecule has 2 atom stereocenters. The molecule has 2 unspecified atom stereocenters. The predicted molar refractivity (Wildman–Crippen MR) is 74.2 cm³/mol. The molecular weight excluding hydrogens is 302 g/mol. The van der Waals surface area contributed by atoms with Gasteiger partial charge < -0.3 is 10.1 Å². The molecular formula is C11H17N3O4S2. The van der Waals surface area contributed by atoms with Crippen molar-refractivity contribution < 1.29 is 17.9 Å². The molecule has 0 aromatic carbocycles. The first-order chi connectivity index (χ1) is 9.45. The normalized spacial score (nSPS) is 23.5. The average Bonchev–Trinajstić information content (AvgIpc) is 2.90. The Morgan fingerprint density at radius 1 is 1.60 bits per heavy atom. The van der Waals surface area contributed by atoms with Gasteiger partial charge in [0.05, 0.1) is 12.6 Å². The van der Waals surface area contributed by atoms with E-state index >= 15 is 0 Å². The second-order valence-electron chi connectivity index (χ2n) is 4.68. The van der Waals surface area contributed by atoms with Crippen LogP contribution in [0.3, 0.4) is 0 Å². The van der Waals surface area contributed by atoms with E-state index in [0.717, 1.165) is 24.4 Å². The van der Waals surface area contributed by atoms with Gasteiger partial charge in [-0.2, -0.15) is 0 Å². The number of nitrogens with one attached hydrogen (secondary N) is 2. The van der Waals surface area contributed by atoms with Crippen LogP contribution in [0.1, 0.15) is 23.8 Å². The number of rotatable bonds is 4. The van der Waals surface area contributed by atoms with Crippen molar-refractivity contribution in [3.63, 3.8) is 0 Å². The summed E-state index contributed by atoms with van der Waals surface area (Å²) in [5.41, 5.74) is 1.17. The topological polar surface area (TPSA) is 97.4 Å². The largest absolute Gasteiger partial charge is 0.464 e. The minimum Gasteiger partial charge on any atom is -0.464 e. The minimum absolute atomic E-state index is 0.0879. The lowest BCUT2D eigenvalue weighted by atomic mass is 9.97. The molecule has 0 spiro atoms. The Balaban J connectivity index is 2.22. The van der Waals surface area contributed by atoms with Crippen molar-refractivity contribution in [2.24, 2.45) is 5.92 Å². The molecule has 1 aromatic heterocycles. The summed E-state index contributed by atoms with van der Waals surface area (Å²) in [6.45, 7) is 3.51. The molecule has 7 nitrogen and oxygen atoms in total. The molecule has 0 bridgehead atoms. The van der Waals surface area contributed by atoms with E-state index in [1.54, 1.807) is 0 Å². The second kappa shape index (κ2) is 6.17. The first-order valence-corrected chi connectivity index (χ1v) is 8.57. The second-order valence-corrected chi connectivity index (χ2v) is 7.44. The van der Waals surface area contributed by atoms with Crippen molar-refractivity contribution in [2.45, 2.75) is 23.6 Å². The van der Waals surface area contributed by atoms with Gasteiger partial charge in [0, 0.05) is 6.04 Å². The number of ether oxygens (including phenoxy) is 1. The van der Waals surface area contributed by atoms with Crippen LogP contribution in [0.15, 0.2) is 9.72 Å². The standard InChI is InChI=1S/C11H17N3O4S2/c1-7-5-12-4-3-8(7)14-20(16,17)11-9(10(15)18-2)13-6-19-11/h6-8,12,14H,3-5H2,1-2H3. The van der Waals surface area contributed by atoms with Crippen LogP contribution >= 0.6 is 11.3 Å². The number of piperidine rings is 1. The number of aromatic nitrogens is 1. The maximum absolute atomic E-state index is 12.4. The van der Waals surface area contributed by atoms with Crippen LogP contribution in [0.2, 0.25) is 0 Å². The molecule has 1 aliphatic heterocycles. The molecule has 1 saturated heterocycles. The Bertz CT molecular complexity index is 584. The minimum atomic E-state index is -3.76. The average molecular weight is 319 g/mol. The van der Waals surface area contributed by atoms with E-state index in [1.165, 1.54) is 12.6 Å². The molecule has 112 valence electrons. The van der Waals surface area contributed by atoms with Gasteiger partial charge in [-0.25, -0.2) is 22.9 Å². The van der Waals surface area contributed by atoms with Gasteiger partial charge in [0.15, 0.2) is 9.90 Å². The maximum Gasteiger partial charge on any atom is 0.358 e. The number of sulfonamides is 1. The Morgan fingerprint density at radius 2 is 2.35 bits per heavy atom. The van der Waals surface area contributed by atoms with Gasteiger partial charge in [-0.15, -0.1) is 11.3 Å². The Hall–Kier alpha value is -1.03. The van der Waals surface area contributed by atoms with Crippen molar-refractivity contribution in [3.05, 3.63) is 11.2 Å². The Morgan fingerprint density at radius 3 is 3.00 bits per heavy atom. The van der Waals surface area contributed by atoms with Gasteiger partial charge in [-0.3, -0.25) is 0 Å². The Labute approximate surface area is 121 Å². The van der Waals surface area contributed by atoms with Gasteiger partial charge >= 0.3 is 5.97 Å². The highest BCUT2D eigenvalue weighted by Gasteiger charge is 2.31. The molecule has 0 amide bonds. The van der Waals surface area contributed by atoms with E-state index in [1.807, 2.05) is 6.92 Å². The number of thiazole rings is 1. The number of hydrogen-bond acceptors (Lipinski definition) is 7. The van der Waals surface area contributed by atoms with E-state index in [2.05, 4.69) is 19.8 Å². The summed E-state index contributed by atoms with van der Waals surface area (Å²) in [6.07, 6.45) is 0.715. The molecule has 0 aliphatic carbocycles. The molecule has 1 aliphatic rings. The van der Waals surface area contributed by atoms with E-state index in [-0.39, 0.29) is 21.9 Å². The summed E-state index contributed by atoms with van der Waals surface area (Å²) < 4.78 is 31.9. The highest BCUT2D eigenvalue weighted by Crippen LogP contribution is 2.22. The van der Waals surface area contributed by atoms with Crippen LogP contribution in [0.4, 0.5) is 0 Å². The fourth-order valence-corrected chi connectivity index (χ4v) is 4.63. The first-order valence-electron chi connectivity index (χ1n) is 6.20. The van der Waals surface area contributed by atoms with Crippen LogP contribution in [0.5, 0.6) is 0 Å². The van der Waals surface area contributed by atoms with Crippen molar-refractivity contribution in [2.75, 3.05) is 20.2 Å². The molecule has 9 heteroatoms. The maximum atomic E-state index is 12.4. The third-order valence-corrected chi connectivity index (χ3v) is 6.11. The third kappa shape index (κ3) is 3.17. The third-order valence-electron chi connectivity index (χ3n) is 3.25. The van der Waals surface area contributed by atoms with Gasteiger partial charge in [0.2, 0.25) is 0 Å². The fraction of sp³-hybridized carbons (Fsp3) is 0.636. The highest BCUT2D eigenvalue weighted by atomic mass is 32.2. The quantitative estimate of drug-likeness (QED) is 0.770. The van der Waals surface area contributed by atoms with Crippen molar-refractivity contribution >= 4 is 27.3 Å². The number of methoxy groups -OCH3 is 1. The number of carbonyl (C=O) groups is 1. The van der Waals surface area contributed by atoms with Gasteiger partial charge in [0.1, 0.15) is 0 Å². The van der Waals surface area contributed by atoms with Crippen molar-refractivity contribution in [1.29, 1.82) is 0 Å². The number of nitrogens with zero attached hydrogens (tertiary/aromatic N) is 1. The summed E-state index contributed by atoms with van der Waals surface area (Å²) in [4.78, 5) is 15.3. The lowest BCUT2D eigenvalue weighted by Gasteiger charge is -2.29. The van der Waals surface area contributed by atoms with E-state index in [4.69, 9.17) is 0 Å². The van der Waals surface area contributed by atoms with E-state index < -0.39 is 16.0 Å². The number of carbonyl (C=O) groups excluding carboxylic acids is 1. The smallest absolute Gasteiger partial charge is 0.358 e. The summed E-state index contributed by atoms with van der Waals surface area (Å²) in [5.74, 6) is -0.557. The molecule has 2 heterocycles. The molecule has 0 radical (unpaired) electrons. The number of hydrogen-bond donors (Lipinski definition) is 2. The zero-order valence-electron chi connectivity index (χ0n) is 11.3. The molecule has 2 N–H and O–H groups in total. The van der Waals surface area contributed by atoms with Crippen molar-refractivity contribution in [1.82, 2.24) is 15.0 Å². The van der Waals surface area contributed by atoms with Crippen LogP contribution in [-0.4, -0.2) is 45.6 Å². The molecule has 2 rings (SSSR count). The molecule has 1 fully saturated rings. The monoisotopic (exact) mass is 319 g/mol. The highest BCUT2D eigenvalue weighted by molar-refractivity contribution is 7.91. The zero-order chi connectivity index (χ0) is 14.8. The van der Waals surface area contributed by atoms with E-state index in [9.17, 15) is 13.2 Å². The predicted octanol–water partition coefficient (Wildman–Crippen LogP) is 0.206. The summed E-state index contributed by atoms with van der Waals surface area (Å²) in [6, 6.07) is -0.145.